The molecule has 0 bridgehead atoms. The van der Waals surface area contributed by atoms with E-state index in [9.17, 15) is 0 Å². The molecule has 0 N–H and O–H groups in total. The van der Waals surface area contributed by atoms with Crippen LogP contribution in [0, 0.1) is 0 Å². The van der Waals surface area contributed by atoms with E-state index in [-0.39, 0.29) is 11.5 Å². The molecule has 2 rings (SSSR count). The lowest BCUT2D eigenvalue weighted by Crippen LogP contribution is -2.28. The molecule has 1 heterocycles. The summed E-state index contributed by atoms with van der Waals surface area (Å²) in [6.45, 7) is 12.3. The Hall–Kier alpha value is -1.20. The number of hydrogen-bond donors (Lipinski definition) is 0. The van der Waals surface area contributed by atoms with Gasteiger partial charge < -0.3 is 4.52 Å². The van der Waals surface area contributed by atoms with Crippen LogP contribution >= 0.6 is 15.9 Å². The molecule has 0 fully saturated rings. The van der Waals surface area contributed by atoms with Gasteiger partial charge in [0.05, 0.1) is 6.54 Å². The highest BCUT2D eigenvalue weighted by Gasteiger charge is 2.24. The van der Waals surface area contributed by atoms with Gasteiger partial charge in [-0.2, -0.15) is 4.98 Å². The van der Waals surface area contributed by atoms with Gasteiger partial charge in [-0.15, -0.1) is 0 Å². The van der Waals surface area contributed by atoms with Crippen molar-refractivity contribution < 1.29 is 4.52 Å². The predicted octanol–water partition coefficient (Wildman–Crippen LogP) is 5.10. The molecule has 0 aliphatic heterocycles. The van der Waals surface area contributed by atoms with E-state index < -0.39 is 0 Å². The molecule has 0 aliphatic rings. The topological polar surface area (TPSA) is 42.2 Å². The Bertz CT molecular complexity index is 633. The van der Waals surface area contributed by atoms with Crippen LogP contribution in [-0.4, -0.2) is 21.6 Å². The summed E-state index contributed by atoms with van der Waals surface area (Å²) >= 11 is 3.65. The highest BCUT2D eigenvalue weighted by atomic mass is 79.9. The second-order valence-corrected chi connectivity index (χ2v) is 7.78. The molecule has 0 saturated carbocycles. The quantitative estimate of drug-likeness (QED) is 0.699. The lowest BCUT2D eigenvalue weighted by atomic mass is 9.96. The van der Waals surface area contributed by atoms with Gasteiger partial charge in [0.1, 0.15) is 0 Å². The van der Waals surface area contributed by atoms with Crippen molar-refractivity contribution in [2.24, 2.45) is 0 Å². The van der Waals surface area contributed by atoms with Gasteiger partial charge in [0.15, 0.2) is 5.82 Å². The summed E-state index contributed by atoms with van der Waals surface area (Å²) in [4.78, 5) is 6.95. The van der Waals surface area contributed by atoms with Crippen LogP contribution in [0.5, 0.6) is 0 Å². The number of nitrogens with zero attached hydrogens (tertiary/aromatic N) is 3. The molecule has 1 unspecified atom stereocenters. The van der Waals surface area contributed by atoms with Crippen LogP contribution in [0.3, 0.4) is 0 Å². The maximum Gasteiger partial charge on any atom is 0.240 e. The van der Waals surface area contributed by atoms with Crippen molar-refractivity contribution in [3.05, 3.63) is 46.0 Å². The largest absolute Gasteiger partial charge is 0.338 e. The van der Waals surface area contributed by atoms with Crippen molar-refractivity contribution >= 4 is 15.9 Å². The molecule has 0 amide bonds. The van der Waals surface area contributed by atoms with E-state index >= 15 is 0 Å². The van der Waals surface area contributed by atoms with Crippen LogP contribution < -0.4 is 0 Å². The molecule has 1 aromatic heterocycles. The molecule has 5 heteroatoms. The first-order valence-electron chi connectivity index (χ1n) is 8.14. The van der Waals surface area contributed by atoms with E-state index in [1.165, 1.54) is 5.56 Å². The van der Waals surface area contributed by atoms with Crippen molar-refractivity contribution in [2.75, 3.05) is 6.54 Å². The van der Waals surface area contributed by atoms with Gasteiger partial charge in [-0.25, -0.2) is 0 Å². The molecule has 0 radical (unpaired) electrons. The molecular formula is C18H26BrN3O. The Balaban J connectivity index is 2.18. The van der Waals surface area contributed by atoms with Gasteiger partial charge in [-0.1, -0.05) is 67.0 Å². The van der Waals surface area contributed by atoms with E-state index in [0.717, 1.165) is 23.3 Å². The smallest absolute Gasteiger partial charge is 0.240 e. The van der Waals surface area contributed by atoms with E-state index in [0.29, 0.717) is 12.4 Å². The van der Waals surface area contributed by atoms with Gasteiger partial charge in [-0.05, 0) is 31.5 Å². The summed E-state index contributed by atoms with van der Waals surface area (Å²) in [6, 6.07) is 8.63. The highest BCUT2D eigenvalue weighted by molar-refractivity contribution is 9.10. The zero-order valence-electron chi connectivity index (χ0n) is 14.6. The van der Waals surface area contributed by atoms with Gasteiger partial charge >= 0.3 is 0 Å². The molecule has 0 aliphatic carbocycles. The average molecular weight is 380 g/mol. The second-order valence-electron chi connectivity index (χ2n) is 6.93. The highest BCUT2D eigenvalue weighted by Crippen LogP contribution is 2.29. The number of benzene rings is 1. The van der Waals surface area contributed by atoms with E-state index in [1.54, 1.807) is 0 Å². The molecule has 1 aromatic carbocycles. The van der Waals surface area contributed by atoms with Crippen LogP contribution in [-0.2, 0) is 12.0 Å². The van der Waals surface area contributed by atoms with Crippen molar-refractivity contribution in [3.63, 3.8) is 0 Å². The summed E-state index contributed by atoms with van der Waals surface area (Å²) in [5.74, 6) is 1.44. The van der Waals surface area contributed by atoms with Crippen molar-refractivity contribution in [3.8, 4) is 0 Å². The van der Waals surface area contributed by atoms with Crippen molar-refractivity contribution in [1.82, 2.24) is 15.0 Å². The zero-order chi connectivity index (χ0) is 17.0. The standard InChI is InChI=1S/C18H26BrN3O/c1-6-11-22(13(2)14-9-7-8-10-15(14)19)12-16-20-17(21-23-16)18(3,4)5/h7-10,13H,6,11-12H2,1-5H3. The minimum Gasteiger partial charge on any atom is -0.338 e. The Morgan fingerprint density at radius 3 is 2.52 bits per heavy atom. The summed E-state index contributed by atoms with van der Waals surface area (Å²) in [5.41, 5.74) is 1.18. The summed E-state index contributed by atoms with van der Waals surface area (Å²) in [6.07, 6.45) is 1.08. The fourth-order valence-electron chi connectivity index (χ4n) is 2.50. The molecule has 126 valence electrons. The van der Waals surface area contributed by atoms with E-state index in [2.05, 4.69) is 83.8 Å². The first-order chi connectivity index (χ1) is 10.8. The Morgan fingerprint density at radius 2 is 1.96 bits per heavy atom. The van der Waals surface area contributed by atoms with Gasteiger partial charge in [0, 0.05) is 15.9 Å². The van der Waals surface area contributed by atoms with E-state index in [4.69, 9.17) is 4.52 Å². The first-order valence-corrected chi connectivity index (χ1v) is 8.93. The summed E-state index contributed by atoms with van der Waals surface area (Å²) in [5, 5.41) is 4.13. The van der Waals surface area contributed by atoms with Crippen LogP contribution in [0.25, 0.3) is 0 Å². The summed E-state index contributed by atoms with van der Waals surface area (Å²) in [7, 11) is 0. The Labute approximate surface area is 147 Å². The van der Waals surface area contributed by atoms with Gasteiger partial charge in [0.2, 0.25) is 5.89 Å². The minimum atomic E-state index is -0.0919. The normalized spacial score (nSPS) is 13.5. The maximum absolute atomic E-state index is 5.47. The van der Waals surface area contributed by atoms with E-state index in [1.807, 2.05) is 6.07 Å². The number of rotatable bonds is 6. The van der Waals surface area contributed by atoms with Crippen LogP contribution in [0.2, 0.25) is 0 Å². The lowest BCUT2D eigenvalue weighted by molar-refractivity contribution is 0.175. The third-order valence-electron chi connectivity index (χ3n) is 3.89. The second kappa shape index (κ2) is 7.58. The molecule has 0 saturated heterocycles. The maximum atomic E-state index is 5.47. The fourth-order valence-corrected chi connectivity index (χ4v) is 3.12. The number of hydrogen-bond acceptors (Lipinski definition) is 4. The van der Waals surface area contributed by atoms with Gasteiger partial charge in [0.25, 0.3) is 0 Å². The first kappa shape index (κ1) is 18.1. The Kier molecular flexibility index (Phi) is 5.98. The number of halogens is 1. The molecule has 4 nitrogen and oxygen atoms in total. The number of aromatic nitrogens is 2. The lowest BCUT2D eigenvalue weighted by Gasteiger charge is -2.28. The third kappa shape index (κ3) is 4.64. The van der Waals surface area contributed by atoms with Crippen LogP contribution in [0.1, 0.15) is 64.4 Å². The minimum absolute atomic E-state index is 0.0919. The monoisotopic (exact) mass is 379 g/mol. The molecule has 2 aromatic rings. The average Bonchev–Trinajstić information content (AvgIpc) is 2.95. The van der Waals surface area contributed by atoms with Crippen molar-refractivity contribution in [1.29, 1.82) is 0 Å². The SMILES string of the molecule is CCCN(Cc1nc(C(C)(C)C)no1)C(C)c1ccccc1Br. The molecule has 23 heavy (non-hydrogen) atoms. The Morgan fingerprint density at radius 1 is 1.26 bits per heavy atom. The molecular weight excluding hydrogens is 354 g/mol. The molecule has 1 atom stereocenters. The zero-order valence-corrected chi connectivity index (χ0v) is 16.2. The van der Waals surface area contributed by atoms with Crippen LogP contribution in [0.4, 0.5) is 0 Å². The summed E-state index contributed by atoms with van der Waals surface area (Å²) < 4.78 is 6.60. The third-order valence-corrected chi connectivity index (χ3v) is 4.61. The molecule has 0 spiro atoms. The van der Waals surface area contributed by atoms with Crippen molar-refractivity contribution in [2.45, 2.75) is 59.0 Å². The van der Waals surface area contributed by atoms with Gasteiger partial charge in [-0.3, -0.25) is 4.90 Å². The predicted molar refractivity (Wildman–Crippen MR) is 96.3 cm³/mol. The fraction of sp³-hybridized carbons (Fsp3) is 0.556. The van der Waals surface area contributed by atoms with Crippen LogP contribution in [0.15, 0.2) is 33.3 Å².